The van der Waals surface area contributed by atoms with Crippen LogP contribution in [0.3, 0.4) is 0 Å². The van der Waals surface area contributed by atoms with Gasteiger partial charge in [0.2, 0.25) is 5.89 Å². The van der Waals surface area contributed by atoms with Crippen molar-refractivity contribution in [3.05, 3.63) is 11.7 Å². The summed E-state index contributed by atoms with van der Waals surface area (Å²) in [6.07, 6.45) is 3.48. The van der Waals surface area contributed by atoms with Crippen LogP contribution in [-0.4, -0.2) is 28.2 Å². The van der Waals surface area contributed by atoms with Crippen LogP contribution in [0.15, 0.2) is 4.52 Å². The van der Waals surface area contributed by atoms with Crippen LogP contribution < -0.4 is 5.32 Å². The summed E-state index contributed by atoms with van der Waals surface area (Å²) >= 11 is 1.98. The van der Waals surface area contributed by atoms with E-state index < -0.39 is 0 Å². The first-order chi connectivity index (χ1) is 7.78. The van der Waals surface area contributed by atoms with E-state index in [1.54, 1.807) is 0 Å². The van der Waals surface area contributed by atoms with Crippen LogP contribution in [0.1, 0.15) is 43.9 Å². The molecule has 1 aromatic heterocycles. The largest absolute Gasteiger partial charge is 0.338 e. The third-order valence-electron chi connectivity index (χ3n) is 3.56. The van der Waals surface area contributed by atoms with Gasteiger partial charge in [0.15, 0.2) is 5.82 Å². The summed E-state index contributed by atoms with van der Waals surface area (Å²) in [5.74, 6) is 4.01. The molecule has 1 aromatic rings. The van der Waals surface area contributed by atoms with Gasteiger partial charge in [0.1, 0.15) is 0 Å². The van der Waals surface area contributed by atoms with E-state index in [9.17, 15) is 0 Å². The molecule has 4 nitrogen and oxygen atoms in total. The van der Waals surface area contributed by atoms with Crippen molar-refractivity contribution in [2.24, 2.45) is 0 Å². The molecule has 0 bridgehead atoms. The SMILES string of the molecule is CC1(c2noc(C3CCCN3)n2)CCSC1. The highest BCUT2D eigenvalue weighted by atomic mass is 32.2. The second kappa shape index (κ2) is 4.04. The maximum absolute atomic E-state index is 5.39. The maximum Gasteiger partial charge on any atom is 0.243 e. The molecule has 2 fully saturated rings. The Morgan fingerprint density at radius 2 is 2.50 bits per heavy atom. The predicted octanol–water partition coefficient (Wildman–Crippen LogP) is 1.89. The molecule has 88 valence electrons. The van der Waals surface area contributed by atoms with Gasteiger partial charge >= 0.3 is 0 Å². The van der Waals surface area contributed by atoms with Crippen molar-refractivity contribution >= 4 is 11.8 Å². The highest BCUT2D eigenvalue weighted by Crippen LogP contribution is 2.37. The molecule has 0 aliphatic carbocycles. The van der Waals surface area contributed by atoms with Crippen LogP contribution in [0.4, 0.5) is 0 Å². The summed E-state index contributed by atoms with van der Waals surface area (Å²) < 4.78 is 5.39. The van der Waals surface area contributed by atoms with Gasteiger partial charge in [0.05, 0.1) is 6.04 Å². The molecule has 3 heterocycles. The molecule has 2 atom stereocenters. The van der Waals surface area contributed by atoms with E-state index >= 15 is 0 Å². The monoisotopic (exact) mass is 239 g/mol. The molecule has 0 saturated carbocycles. The third kappa shape index (κ3) is 1.76. The number of aromatic nitrogens is 2. The van der Waals surface area contributed by atoms with E-state index in [2.05, 4.69) is 22.4 Å². The van der Waals surface area contributed by atoms with Gasteiger partial charge in [0, 0.05) is 11.2 Å². The molecule has 0 aromatic carbocycles. The summed E-state index contributed by atoms with van der Waals surface area (Å²) in [4.78, 5) is 4.59. The van der Waals surface area contributed by atoms with E-state index in [4.69, 9.17) is 4.52 Å². The number of hydrogen-bond acceptors (Lipinski definition) is 5. The van der Waals surface area contributed by atoms with Gasteiger partial charge in [-0.1, -0.05) is 12.1 Å². The third-order valence-corrected chi connectivity index (χ3v) is 4.89. The summed E-state index contributed by atoms with van der Waals surface area (Å²) in [5.41, 5.74) is 0.130. The van der Waals surface area contributed by atoms with E-state index in [0.717, 1.165) is 36.9 Å². The first-order valence-corrected chi connectivity index (χ1v) is 7.09. The number of rotatable bonds is 2. The molecule has 2 aliphatic heterocycles. The van der Waals surface area contributed by atoms with Crippen LogP contribution >= 0.6 is 11.8 Å². The minimum Gasteiger partial charge on any atom is -0.338 e. The molecule has 1 N–H and O–H groups in total. The molecule has 5 heteroatoms. The van der Waals surface area contributed by atoms with Gasteiger partial charge in [-0.05, 0) is 31.6 Å². The van der Waals surface area contributed by atoms with Crippen molar-refractivity contribution in [3.8, 4) is 0 Å². The Morgan fingerprint density at radius 1 is 1.56 bits per heavy atom. The maximum atomic E-state index is 5.39. The summed E-state index contributed by atoms with van der Waals surface area (Å²) in [6, 6.07) is 0.291. The van der Waals surface area contributed by atoms with Crippen molar-refractivity contribution in [1.29, 1.82) is 0 Å². The summed E-state index contributed by atoms with van der Waals surface area (Å²) in [5, 5.41) is 7.56. The topological polar surface area (TPSA) is 51.0 Å². The Kier molecular flexibility index (Phi) is 2.67. The van der Waals surface area contributed by atoms with Gasteiger partial charge < -0.3 is 9.84 Å². The van der Waals surface area contributed by atoms with E-state index in [-0.39, 0.29) is 5.41 Å². The lowest BCUT2D eigenvalue weighted by Gasteiger charge is -2.16. The highest BCUT2D eigenvalue weighted by Gasteiger charge is 2.36. The van der Waals surface area contributed by atoms with Crippen molar-refractivity contribution < 1.29 is 4.52 Å². The standard InChI is InChI=1S/C11H17N3OS/c1-11(4-6-16-7-11)10-13-9(15-14-10)8-3-2-5-12-8/h8,12H,2-7H2,1H3. The molecule has 0 spiro atoms. The van der Waals surface area contributed by atoms with Gasteiger partial charge in [-0.3, -0.25) is 0 Å². The van der Waals surface area contributed by atoms with Crippen LogP contribution in [0.5, 0.6) is 0 Å². The first-order valence-electron chi connectivity index (χ1n) is 5.93. The molecule has 3 rings (SSSR count). The second-order valence-electron chi connectivity index (χ2n) is 4.97. The average Bonchev–Trinajstić information content (AvgIpc) is 2.98. The smallest absolute Gasteiger partial charge is 0.243 e. The molecule has 2 aliphatic rings. The summed E-state index contributed by atoms with van der Waals surface area (Å²) in [7, 11) is 0. The van der Waals surface area contributed by atoms with Crippen LogP contribution in [0.2, 0.25) is 0 Å². The predicted molar refractivity (Wildman–Crippen MR) is 63.6 cm³/mol. The van der Waals surface area contributed by atoms with Gasteiger partial charge in [-0.2, -0.15) is 16.7 Å². The van der Waals surface area contributed by atoms with Crippen LogP contribution in [-0.2, 0) is 5.41 Å². The first kappa shape index (κ1) is 10.6. The Morgan fingerprint density at radius 3 is 3.19 bits per heavy atom. The van der Waals surface area contributed by atoms with Crippen LogP contribution in [0, 0.1) is 0 Å². The number of nitrogens with zero attached hydrogens (tertiary/aromatic N) is 2. The second-order valence-corrected chi connectivity index (χ2v) is 6.07. The number of nitrogens with one attached hydrogen (secondary N) is 1. The Hall–Kier alpha value is -0.550. The molecule has 0 amide bonds. The molecule has 16 heavy (non-hydrogen) atoms. The number of hydrogen-bond donors (Lipinski definition) is 1. The molecular formula is C11H17N3OS. The lowest BCUT2D eigenvalue weighted by Crippen LogP contribution is -2.23. The number of thioether (sulfide) groups is 1. The van der Waals surface area contributed by atoms with Crippen molar-refractivity contribution in [3.63, 3.8) is 0 Å². The fourth-order valence-electron chi connectivity index (χ4n) is 2.36. The molecule has 2 unspecified atom stereocenters. The van der Waals surface area contributed by atoms with E-state index in [0.29, 0.717) is 6.04 Å². The van der Waals surface area contributed by atoms with Gasteiger partial charge in [0.25, 0.3) is 0 Å². The molecule has 2 saturated heterocycles. The zero-order valence-electron chi connectivity index (χ0n) is 9.53. The minimum absolute atomic E-state index is 0.130. The van der Waals surface area contributed by atoms with E-state index in [1.807, 2.05) is 11.8 Å². The minimum atomic E-state index is 0.130. The van der Waals surface area contributed by atoms with Crippen LogP contribution in [0.25, 0.3) is 0 Å². The Labute approximate surface area is 99.6 Å². The molecule has 0 radical (unpaired) electrons. The highest BCUT2D eigenvalue weighted by molar-refractivity contribution is 7.99. The van der Waals surface area contributed by atoms with Crippen molar-refractivity contribution in [2.45, 2.75) is 37.6 Å². The quantitative estimate of drug-likeness (QED) is 0.854. The van der Waals surface area contributed by atoms with E-state index in [1.165, 1.54) is 12.2 Å². The van der Waals surface area contributed by atoms with Crippen molar-refractivity contribution in [1.82, 2.24) is 15.5 Å². The fraction of sp³-hybridized carbons (Fsp3) is 0.818. The Bertz CT molecular complexity index is 367. The van der Waals surface area contributed by atoms with Crippen molar-refractivity contribution in [2.75, 3.05) is 18.1 Å². The zero-order valence-corrected chi connectivity index (χ0v) is 10.3. The lowest BCUT2D eigenvalue weighted by atomic mass is 9.89. The zero-order chi connectivity index (χ0) is 11.0. The summed E-state index contributed by atoms with van der Waals surface area (Å²) in [6.45, 7) is 3.30. The van der Waals surface area contributed by atoms with Gasteiger partial charge in [-0.15, -0.1) is 0 Å². The Balaban J connectivity index is 1.81. The average molecular weight is 239 g/mol. The van der Waals surface area contributed by atoms with Gasteiger partial charge in [-0.25, -0.2) is 0 Å². The normalized spacial score (nSPS) is 34.7. The fourth-order valence-corrected chi connectivity index (χ4v) is 3.82. The lowest BCUT2D eigenvalue weighted by molar-refractivity contribution is 0.334. The molecular weight excluding hydrogens is 222 g/mol.